The number of aryl methyl sites for hydroxylation is 2. The molecule has 0 aliphatic rings. The zero-order valence-electron chi connectivity index (χ0n) is 9.63. The quantitative estimate of drug-likeness (QED) is 0.785. The first-order chi connectivity index (χ1) is 7.54. The molecule has 0 amide bonds. The molecule has 0 unspecified atom stereocenters. The number of benzene rings is 1. The van der Waals surface area contributed by atoms with Crippen LogP contribution in [0.1, 0.15) is 18.1 Å². The van der Waals surface area contributed by atoms with Gasteiger partial charge in [0.2, 0.25) is 0 Å². The normalized spacial score (nSPS) is 10.9. The Labute approximate surface area is 92.5 Å². The lowest BCUT2D eigenvalue weighted by atomic mass is 10.1. The van der Waals surface area contributed by atoms with E-state index in [9.17, 15) is 9.59 Å². The van der Waals surface area contributed by atoms with Crippen LogP contribution >= 0.6 is 0 Å². The minimum atomic E-state index is -0.341. The highest BCUT2D eigenvalue weighted by Crippen LogP contribution is 2.13. The van der Waals surface area contributed by atoms with Crippen molar-refractivity contribution in [1.82, 2.24) is 9.55 Å². The molecule has 0 saturated carbocycles. The fraction of sp³-hybridized carbons (Fsp3) is 0.333. The zero-order valence-corrected chi connectivity index (χ0v) is 9.63. The summed E-state index contributed by atoms with van der Waals surface area (Å²) < 4.78 is 1.21. The van der Waals surface area contributed by atoms with E-state index in [4.69, 9.17) is 0 Å². The monoisotopic (exact) mass is 218 g/mol. The van der Waals surface area contributed by atoms with Crippen molar-refractivity contribution in [1.29, 1.82) is 0 Å². The number of nitrogens with zero attached hydrogens (tertiary/aromatic N) is 1. The average Bonchev–Trinajstić information content (AvgIpc) is 2.21. The van der Waals surface area contributed by atoms with E-state index in [-0.39, 0.29) is 11.2 Å². The van der Waals surface area contributed by atoms with Crippen LogP contribution in [0.4, 0.5) is 0 Å². The third kappa shape index (κ3) is 1.46. The molecule has 0 aliphatic carbocycles. The van der Waals surface area contributed by atoms with Gasteiger partial charge < -0.3 is 4.98 Å². The highest BCUT2D eigenvalue weighted by atomic mass is 16.2. The molecule has 1 aromatic heterocycles. The average molecular weight is 218 g/mol. The number of aromatic nitrogens is 2. The SMILES string of the molecule is CCn1c(=O)[nH]c2c(C)cc(C)cc2c1=O. The van der Waals surface area contributed by atoms with Gasteiger partial charge in [0.25, 0.3) is 5.56 Å². The first-order valence-corrected chi connectivity index (χ1v) is 5.28. The van der Waals surface area contributed by atoms with Crippen LogP contribution in [0.5, 0.6) is 0 Å². The molecule has 2 rings (SSSR count). The molecular formula is C12H14N2O2. The van der Waals surface area contributed by atoms with E-state index in [0.717, 1.165) is 11.1 Å². The van der Waals surface area contributed by atoms with E-state index in [2.05, 4.69) is 4.98 Å². The Balaban J connectivity index is 3.05. The second-order valence-electron chi connectivity index (χ2n) is 3.98. The topological polar surface area (TPSA) is 54.9 Å². The third-order valence-corrected chi connectivity index (χ3v) is 2.75. The number of fused-ring (bicyclic) bond motifs is 1. The second kappa shape index (κ2) is 3.63. The Morgan fingerprint density at radius 3 is 2.56 bits per heavy atom. The largest absolute Gasteiger partial charge is 0.328 e. The Kier molecular flexibility index (Phi) is 2.42. The van der Waals surface area contributed by atoms with Crippen molar-refractivity contribution in [2.45, 2.75) is 27.3 Å². The fourth-order valence-corrected chi connectivity index (χ4v) is 2.00. The van der Waals surface area contributed by atoms with Gasteiger partial charge in [0.1, 0.15) is 0 Å². The van der Waals surface area contributed by atoms with Crippen LogP contribution in [0.3, 0.4) is 0 Å². The second-order valence-corrected chi connectivity index (χ2v) is 3.98. The molecule has 0 aliphatic heterocycles. The van der Waals surface area contributed by atoms with Crippen LogP contribution in [0, 0.1) is 13.8 Å². The summed E-state index contributed by atoms with van der Waals surface area (Å²) >= 11 is 0. The summed E-state index contributed by atoms with van der Waals surface area (Å²) in [6, 6.07) is 3.76. The summed E-state index contributed by atoms with van der Waals surface area (Å²) in [4.78, 5) is 26.4. The predicted octanol–water partition coefficient (Wildman–Crippen LogP) is 1.33. The van der Waals surface area contributed by atoms with Gasteiger partial charge in [-0.3, -0.25) is 9.36 Å². The first kappa shape index (κ1) is 10.7. The maximum atomic E-state index is 12.0. The van der Waals surface area contributed by atoms with Gasteiger partial charge in [0, 0.05) is 6.54 Å². The number of nitrogens with one attached hydrogen (secondary N) is 1. The highest BCUT2D eigenvalue weighted by Gasteiger charge is 2.08. The van der Waals surface area contributed by atoms with Gasteiger partial charge in [-0.05, 0) is 38.0 Å². The van der Waals surface area contributed by atoms with Crippen molar-refractivity contribution >= 4 is 10.9 Å². The van der Waals surface area contributed by atoms with Crippen LogP contribution < -0.4 is 11.2 Å². The Morgan fingerprint density at radius 1 is 1.25 bits per heavy atom. The summed E-state index contributed by atoms with van der Waals surface area (Å²) in [5.74, 6) is 0. The number of H-pyrrole nitrogens is 1. The van der Waals surface area contributed by atoms with Crippen molar-refractivity contribution in [2.24, 2.45) is 0 Å². The maximum Gasteiger partial charge on any atom is 0.328 e. The molecule has 0 atom stereocenters. The molecule has 84 valence electrons. The van der Waals surface area contributed by atoms with Crippen LogP contribution in [0.25, 0.3) is 10.9 Å². The summed E-state index contributed by atoms with van der Waals surface area (Å²) in [5, 5.41) is 0.582. The lowest BCUT2D eigenvalue weighted by Gasteiger charge is -2.06. The third-order valence-electron chi connectivity index (χ3n) is 2.75. The summed E-state index contributed by atoms with van der Waals surface area (Å²) in [6.45, 7) is 6.00. The van der Waals surface area contributed by atoms with Gasteiger partial charge in [-0.1, -0.05) is 6.07 Å². The molecule has 1 aromatic carbocycles. The van der Waals surface area contributed by atoms with Gasteiger partial charge in [-0.25, -0.2) is 4.79 Å². The number of hydrogen-bond acceptors (Lipinski definition) is 2. The van der Waals surface area contributed by atoms with Gasteiger partial charge in [0.05, 0.1) is 10.9 Å². The predicted molar refractivity (Wildman–Crippen MR) is 64.0 cm³/mol. The van der Waals surface area contributed by atoms with Crippen molar-refractivity contribution in [2.75, 3.05) is 0 Å². The first-order valence-electron chi connectivity index (χ1n) is 5.28. The fourth-order valence-electron chi connectivity index (χ4n) is 2.00. The van der Waals surface area contributed by atoms with Crippen molar-refractivity contribution in [3.63, 3.8) is 0 Å². The lowest BCUT2D eigenvalue weighted by Crippen LogP contribution is -2.34. The maximum absolute atomic E-state index is 12.0. The lowest BCUT2D eigenvalue weighted by molar-refractivity contribution is 0.684. The molecule has 2 aromatic rings. The van der Waals surface area contributed by atoms with Crippen LogP contribution in [0.2, 0.25) is 0 Å². The Morgan fingerprint density at radius 2 is 1.94 bits per heavy atom. The van der Waals surface area contributed by atoms with E-state index in [1.807, 2.05) is 26.0 Å². The minimum Gasteiger partial charge on any atom is -0.306 e. The van der Waals surface area contributed by atoms with E-state index < -0.39 is 0 Å². The van der Waals surface area contributed by atoms with Gasteiger partial charge in [-0.15, -0.1) is 0 Å². The molecule has 4 nitrogen and oxygen atoms in total. The molecule has 0 spiro atoms. The highest BCUT2D eigenvalue weighted by molar-refractivity contribution is 5.81. The molecule has 1 N–H and O–H groups in total. The van der Waals surface area contributed by atoms with Crippen LogP contribution in [-0.2, 0) is 6.54 Å². The Hall–Kier alpha value is -1.84. The van der Waals surface area contributed by atoms with Gasteiger partial charge >= 0.3 is 5.69 Å². The zero-order chi connectivity index (χ0) is 11.9. The molecule has 4 heteroatoms. The van der Waals surface area contributed by atoms with Crippen LogP contribution in [-0.4, -0.2) is 9.55 Å². The van der Waals surface area contributed by atoms with Crippen LogP contribution in [0.15, 0.2) is 21.7 Å². The van der Waals surface area contributed by atoms with Crippen molar-refractivity contribution in [3.8, 4) is 0 Å². The molecule has 1 heterocycles. The molecule has 0 bridgehead atoms. The standard InChI is InChI=1S/C12H14N2O2/c1-4-14-11(15)9-6-7(2)5-8(3)10(9)13-12(14)16/h5-6H,4H2,1-3H3,(H,13,16). The summed E-state index contributed by atoms with van der Waals surface area (Å²) in [7, 11) is 0. The van der Waals surface area contributed by atoms with Crippen molar-refractivity contribution in [3.05, 3.63) is 44.1 Å². The van der Waals surface area contributed by atoms with E-state index in [1.54, 1.807) is 6.92 Å². The van der Waals surface area contributed by atoms with Gasteiger partial charge in [0.15, 0.2) is 0 Å². The smallest absolute Gasteiger partial charge is 0.306 e. The molecular weight excluding hydrogens is 204 g/mol. The Bertz CT molecular complexity index is 665. The van der Waals surface area contributed by atoms with E-state index >= 15 is 0 Å². The summed E-state index contributed by atoms with van der Waals surface area (Å²) in [5.41, 5.74) is 2.04. The van der Waals surface area contributed by atoms with Gasteiger partial charge in [-0.2, -0.15) is 0 Å². The molecule has 0 fully saturated rings. The minimum absolute atomic E-state index is 0.215. The molecule has 0 saturated heterocycles. The van der Waals surface area contributed by atoms with Crippen molar-refractivity contribution < 1.29 is 0 Å². The molecule has 16 heavy (non-hydrogen) atoms. The number of aromatic amines is 1. The molecule has 0 radical (unpaired) electrons. The summed E-state index contributed by atoms with van der Waals surface area (Å²) in [6.07, 6.45) is 0. The van der Waals surface area contributed by atoms with E-state index in [1.165, 1.54) is 4.57 Å². The number of rotatable bonds is 1. The van der Waals surface area contributed by atoms with E-state index in [0.29, 0.717) is 17.4 Å². The number of hydrogen-bond donors (Lipinski definition) is 1.